The van der Waals surface area contributed by atoms with Gasteiger partial charge in [0.15, 0.2) is 0 Å². The van der Waals surface area contributed by atoms with Crippen molar-refractivity contribution in [2.24, 2.45) is 5.92 Å². The summed E-state index contributed by atoms with van der Waals surface area (Å²) < 4.78 is 11.4. The van der Waals surface area contributed by atoms with Crippen LogP contribution in [0.25, 0.3) is 0 Å². The molecular weight excluding hydrogens is 466 g/mol. The predicted octanol–water partition coefficient (Wildman–Crippen LogP) is 5.35. The quantitative estimate of drug-likeness (QED) is 0.246. The van der Waals surface area contributed by atoms with Crippen LogP contribution in [0.15, 0.2) is 91.0 Å². The fraction of sp³-hybridized carbons (Fsp3) is 0.323. The maximum Gasteiger partial charge on any atom is 0.324 e. The van der Waals surface area contributed by atoms with Crippen molar-refractivity contribution in [1.82, 2.24) is 4.90 Å². The molecule has 2 atom stereocenters. The number of nitrogens with zero attached hydrogens (tertiary/aromatic N) is 1. The minimum absolute atomic E-state index is 0.0583. The molecule has 0 N–H and O–H groups in total. The van der Waals surface area contributed by atoms with Crippen molar-refractivity contribution in [2.75, 3.05) is 0 Å². The summed E-state index contributed by atoms with van der Waals surface area (Å²) in [6.07, 6.45) is 0.495. The van der Waals surface area contributed by atoms with Crippen LogP contribution < -0.4 is 0 Å². The Labute approximate surface area is 219 Å². The molecule has 194 valence electrons. The highest BCUT2D eigenvalue weighted by atomic mass is 16.6. The molecule has 0 aliphatic carbocycles. The van der Waals surface area contributed by atoms with Gasteiger partial charge in [0.05, 0.1) is 5.92 Å². The van der Waals surface area contributed by atoms with Crippen LogP contribution in [0, 0.1) is 5.92 Å². The fourth-order valence-electron chi connectivity index (χ4n) is 4.11. The number of carbonyl (C=O) groups excluding carboxylic acids is 3. The molecular formula is C31H35NO5. The van der Waals surface area contributed by atoms with E-state index in [1.807, 2.05) is 95.9 Å². The van der Waals surface area contributed by atoms with Gasteiger partial charge in [-0.05, 0) is 37.5 Å². The van der Waals surface area contributed by atoms with E-state index in [4.69, 9.17) is 9.47 Å². The summed E-state index contributed by atoms with van der Waals surface area (Å²) in [5.74, 6) is -2.21. The summed E-state index contributed by atoms with van der Waals surface area (Å²) in [5, 5.41) is 0. The lowest BCUT2D eigenvalue weighted by Crippen LogP contribution is -2.50. The number of benzene rings is 3. The standard InChI is InChI=1S/C31H35NO5/c1-31(2,3)37-29(34)27(19-20-33)28(30(35)36-23-26-17-11-6-12-18-26)32(21-24-13-7-4-8-14-24)22-25-15-9-5-10-16-25/h4-18,20,27-28H,19,21-23H2,1-3H3/t27-,28?/m0/s1. The van der Waals surface area contributed by atoms with Crippen molar-refractivity contribution in [1.29, 1.82) is 0 Å². The van der Waals surface area contributed by atoms with E-state index in [9.17, 15) is 14.4 Å². The van der Waals surface area contributed by atoms with E-state index in [0.717, 1.165) is 16.7 Å². The third kappa shape index (κ3) is 8.99. The lowest BCUT2D eigenvalue weighted by molar-refractivity contribution is -0.171. The molecule has 0 radical (unpaired) electrons. The van der Waals surface area contributed by atoms with Gasteiger partial charge in [-0.2, -0.15) is 0 Å². The maximum atomic E-state index is 13.7. The molecule has 0 aliphatic rings. The first-order chi connectivity index (χ1) is 17.8. The maximum absolute atomic E-state index is 13.7. The minimum Gasteiger partial charge on any atom is -0.460 e. The number of hydrogen-bond donors (Lipinski definition) is 0. The van der Waals surface area contributed by atoms with Gasteiger partial charge in [-0.3, -0.25) is 14.5 Å². The van der Waals surface area contributed by atoms with Gasteiger partial charge in [-0.1, -0.05) is 91.0 Å². The average molecular weight is 502 g/mol. The van der Waals surface area contributed by atoms with Gasteiger partial charge in [0.2, 0.25) is 0 Å². The zero-order valence-electron chi connectivity index (χ0n) is 21.7. The normalized spacial score (nSPS) is 13.0. The third-order valence-corrected chi connectivity index (χ3v) is 5.76. The lowest BCUT2D eigenvalue weighted by Gasteiger charge is -2.35. The molecule has 6 nitrogen and oxygen atoms in total. The Balaban J connectivity index is 2.00. The van der Waals surface area contributed by atoms with Crippen molar-refractivity contribution in [2.45, 2.75) is 58.5 Å². The van der Waals surface area contributed by atoms with Crippen LogP contribution in [-0.2, 0) is 43.6 Å². The van der Waals surface area contributed by atoms with Crippen LogP contribution in [0.4, 0.5) is 0 Å². The summed E-state index contributed by atoms with van der Waals surface area (Å²) >= 11 is 0. The molecule has 3 rings (SSSR count). The first-order valence-electron chi connectivity index (χ1n) is 12.5. The number of rotatable bonds is 12. The summed E-state index contributed by atoms with van der Waals surface area (Å²) in [4.78, 5) is 40.8. The topological polar surface area (TPSA) is 72.9 Å². The molecule has 0 saturated carbocycles. The highest BCUT2D eigenvalue weighted by molar-refractivity contribution is 5.86. The second-order valence-corrected chi connectivity index (χ2v) is 9.96. The fourth-order valence-corrected chi connectivity index (χ4v) is 4.11. The minimum atomic E-state index is -1.04. The monoisotopic (exact) mass is 501 g/mol. The molecule has 0 bridgehead atoms. The summed E-state index contributed by atoms with van der Waals surface area (Å²) in [5.41, 5.74) is 1.98. The van der Waals surface area contributed by atoms with E-state index in [1.54, 1.807) is 20.8 Å². The van der Waals surface area contributed by atoms with E-state index in [-0.39, 0.29) is 13.0 Å². The SMILES string of the molecule is CC(C)(C)OC(=O)[C@@H](CC=O)C(C(=O)OCc1ccccc1)N(Cc1ccccc1)Cc1ccccc1. The Morgan fingerprint density at radius 2 is 1.22 bits per heavy atom. The molecule has 0 fully saturated rings. The van der Waals surface area contributed by atoms with Crippen LogP contribution in [0.3, 0.4) is 0 Å². The summed E-state index contributed by atoms with van der Waals surface area (Å²) in [7, 11) is 0. The van der Waals surface area contributed by atoms with Crippen LogP contribution in [0.5, 0.6) is 0 Å². The zero-order valence-corrected chi connectivity index (χ0v) is 21.7. The molecule has 3 aromatic carbocycles. The molecule has 37 heavy (non-hydrogen) atoms. The van der Waals surface area contributed by atoms with Crippen LogP contribution in [0.1, 0.15) is 43.9 Å². The van der Waals surface area contributed by atoms with E-state index in [0.29, 0.717) is 19.4 Å². The van der Waals surface area contributed by atoms with Gasteiger partial charge < -0.3 is 14.3 Å². The van der Waals surface area contributed by atoms with Crippen molar-refractivity contribution in [3.8, 4) is 0 Å². The van der Waals surface area contributed by atoms with Gasteiger partial charge in [-0.25, -0.2) is 0 Å². The van der Waals surface area contributed by atoms with Crippen LogP contribution in [0.2, 0.25) is 0 Å². The number of hydrogen-bond acceptors (Lipinski definition) is 6. The van der Waals surface area contributed by atoms with Gasteiger partial charge in [-0.15, -0.1) is 0 Å². The lowest BCUT2D eigenvalue weighted by atomic mass is 9.93. The highest BCUT2D eigenvalue weighted by Crippen LogP contribution is 2.25. The van der Waals surface area contributed by atoms with E-state index < -0.39 is 29.5 Å². The zero-order chi connectivity index (χ0) is 26.7. The third-order valence-electron chi connectivity index (χ3n) is 5.76. The molecule has 0 aliphatic heterocycles. The molecule has 6 heteroatoms. The molecule has 0 saturated heterocycles. The molecule has 0 amide bonds. The Morgan fingerprint density at radius 1 is 0.757 bits per heavy atom. The Bertz CT molecular complexity index is 1090. The van der Waals surface area contributed by atoms with Gasteiger partial charge >= 0.3 is 11.9 Å². The van der Waals surface area contributed by atoms with Crippen molar-refractivity contribution in [3.63, 3.8) is 0 Å². The summed E-state index contributed by atoms with van der Waals surface area (Å²) in [6, 6.07) is 27.7. The van der Waals surface area contributed by atoms with Gasteiger partial charge in [0, 0.05) is 19.5 Å². The molecule has 0 heterocycles. The van der Waals surface area contributed by atoms with E-state index in [2.05, 4.69) is 0 Å². The van der Waals surface area contributed by atoms with Crippen LogP contribution >= 0.6 is 0 Å². The van der Waals surface area contributed by atoms with E-state index >= 15 is 0 Å². The van der Waals surface area contributed by atoms with Crippen molar-refractivity contribution >= 4 is 18.2 Å². The highest BCUT2D eigenvalue weighted by Gasteiger charge is 2.41. The molecule has 3 aromatic rings. The number of ether oxygens (including phenoxy) is 2. The molecule has 1 unspecified atom stereocenters. The first kappa shape index (κ1) is 27.8. The van der Waals surface area contributed by atoms with Crippen molar-refractivity contribution < 1.29 is 23.9 Å². The Kier molecular flexibility index (Phi) is 10.2. The average Bonchev–Trinajstić information content (AvgIpc) is 2.88. The molecule has 0 spiro atoms. The summed E-state index contributed by atoms with van der Waals surface area (Å²) in [6.45, 7) is 6.09. The number of esters is 2. The Hall–Kier alpha value is -3.77. The van der Waals surface area contributed by atoms with Gasteiger partial charge in [0.25, 0.3) is 0 Å². The van der Waals surface area contributed by atoms with Gasteiger partial charge in [0.1, 0.15) is 24.5 Å². The second kappa shape index (κ2) is 13.5. The molecule has 0 aromatic heterocycles. The number of aldehydes is 1. The van der Waals surface area contributed by atoms with E-state index in [1.165, 1.54) is 0 Å². The van der Waals surface area contributed by atoms with Crippen LogP contribution in [-0.4, -0.2) is 34.8 Å². The predicted molar refractivity (Wildman–Crippen MR) is 142 cm³/mol. The smallest absolute Gasteiger partial charge is 0.324 e. The number of carbonyl (C=O) groups is 3. The second-order valence-electron chi connectivity index (χ2n) is 9.96. The largest absolute Gasteiger partial charge is 0.460 e. The van der Waals surface area contributed by atoms with Crippen molar-refractivity contribution in [3.05, 3.63) is 108 Å². The Morgan fingerprint density at radius 3 is 1.65 bits per heavy atom. The first-order valence-corrected chi connectivity index (χ1v) is 12.5.